The molecule has 0 rings (SSSR count). The third kappa shape index (κ3) is 46.8. The van der Waals surface area contributed by atoms with Gasteiger partial charge >= 0.3 is 17.9 Å². The van der Waals surface area contributed by atoms with Crippen LogP contribution in [0.15, 0.2) is 24.3 Å². The van der Waals surface area contributed by atoms with Crippen LogP contribution < -0.4 is 0 Å². The fourth-order valence-corrected chi connectivity index (χ4v) is 7.49. The summed E-state index contributed by atoms with van der Waals surface area (Å²) >= 11 is 0. The SMILES string of the molecule is CCCCCCC/C=C\CCCCCCCC(=O)O[C@@H](COC(=O)CCCCCCC/C=C\CCCCCCCC)COC(=O)CCCCCCCCCCCCCC. The zero-order chi connectivity index (χ0) is 43.0. The molecule has 0 bridgehead atoms. The molecular weight excluding hydrogens is 733 g/mol. The molecule has 0 spiro atoms. The van der Waals surface area contributed by atoms with E-state index >= 15 is 0 Å². The van der Waals surface area contributed by atoms with Crippen molar-refractivity contribution >= 4 is 17.9 Å². The van der Waals surface area contributed by atoms with Gasteiger partial charge in [-0.05, 0) is 70.6 Å². The molecule has 0 radical (unpaired) electrons. The fourth-order valence-electron chi connectivity index (χ4n) is 7.49. The van der Waals surface area contributed by atoms with Crippen LogP contribution in [0.3, 0.4) is 0 Å². The Bertz CT molecular complexity index is 958. The van der Waals surface area contributed by atoms with Crippen LogP contribution in [0.5, 0.6) is 0 Å². The van der Waals surface area contributed by atoms with Gasteiger partial charge in [-0.3, -0.25) is 14.4 Å². The van der Waals surface area contributed by atoms with E-state index in [9.17, 15) is 14.4 Å². The number of carbonyl (C=O) groups is 3. The number of hydrogen-bond acceptors (Lipinski definition) is 6. The molecule has 0 aliphatic heterocycles. The molecule has 6 nitrogen and oxygen atoms in total. The maximum Gasteiger partial charge on any atom is 0.306 e. The molecule has 0 unspecified atom stereocenters. The number of unbranched alkanes of at least 4 members (excludes halogenated alkanes) is 32. The number of rotatable bonds is 47. The monoisotopic (exact) mass is 831 g/mol. The van der Waals surface area contributed by atoms with Gasteiger partial charge in [-0.25, -0.2) is 0 Å². The summed E-state index contributed by atoms with van der Waals surface area (Å²) in [6, 6.07) is 0. The molecule has 0 aromatic heterocycles. The van der Waals surface area contributed by atoms with Crippen molar-refractivity contribution in [3.63, 3.8) is 0 Å². The van der Waals surface area contributed by atoms with Gasteiger partial charge in [0.15, 0.2) is 6.10 Å². The van der Waals surface area contributed by atoms with Crippen molar-refractivity contribution in [2.75, 3.05) is 13.2 Å². The predicted molar refractivity (Wildman–Crippen MR) is 252 cm³/mol. The molecule has 0 aliphatic carbocycles. The maximum atomic E-state index is 12.8. The molecule has 0 aromatic rings. The molecule has 0 fully saturated rings. The van der Waals surface area contributed by atoms with E-state index in [4.69, 9.17) is 14.2 Å². The normalized spacial score (nSPS) is 12.1. The number of ether oxygens (including phenoxy) is 3. The number of allylic oxidation sites excluding steroid dienone is 4. The Morgan fingerprint density at radius 2 is 0.559 bits per heavy atom. The Morgan fingerprint density at radius 1 is 0.322 bits per heavy atom. The predicted octanol–water partition coefficient (Wildman–Crippen LogP) is 16.8. The average Bonchev–Trinajstić information content (AvgIpc) is 3.23. The van der Waals surface area contributed by atoms with Crippen LogP contribution in [-0.2, 0) is 28.6 Å². The van der Waals surface area contributed by atoms with Crippen LogP contribution >= 0.6 is 0 Å². The molecule has 59 heavy (non-hydrogen) atoms. The van der Waals surface area contributed by atoms with Crippen LogP contribution in [0.4, 0.5) is 0 Å². The van der Waals surface area contributed by atoms with Crippen LogP contribution in [0.1, 0.15) is 278 Å². The van der Waals surface area contributed by atoms with E-state index in [1.54, 1.807) is 0 Å². The highest BCUT2D eigenvalue weighted by atomic mass is 16.6. The summed E-state index contributed by atoms with van der Waals surface area (Å²) in [5.74, 6) is -0.880. The Balaban J connectivity index is 4.37. The highest BCUT2D eigenvalue weighted by molar-refractivity contribution is 5.71. The lowest BCUT2D eigenvalue weighted by atomic mass is 10.0. The maximum absolute atomic E-state index is 12.8. The first-order chi connectivity index (χ1) is 29.0. The standard InChI is InChI=1S/C53H98O6/c1-4-7-10-13-16-19-22-25-27-29-31-34-37-40-43-46-52(55)58-49-50(48-57-51(54)45-42-39-36-33-30-24-21-18-15-12-9-6-3)59-53(56)47-44-41-38-35-32-28-26-23-20-17-14-11-8-5-2/h23,25-27,50H,4-22,24,28-49H2,1-3H3/b26-23-,27-25-/t50-/m1/s1. The molecular formula is C53H98O6. The highest BCUT2D eigenvalue weighted by Gasteiger charge is 2.19. The highest BCUT2D eigenvalue weighted by Crippen LogP contribution is 2.15. The van der Waals surface area contributed by atoms with Crippen LogP contribution in [0.2, 0.25) is 0 Å². The molecule has 0 heterocycles. The van der Waals surface area contributed by atoms with Crippen molar-refractivity contribution in [2.45, 2.75) is 284 Å². The van der Waals surface area contributed by atoms with E-state index < -0.39 is 6.10 Å². The van der Waals surface area contributed by atoms with Gasteiger partial charge in [0.1, 0.15) is 13.2 Å². The molecule has 1 atom stereocenters. The lowest BCUT2D eigenvalue weighted by Crippen LogP contribution is -2.30. The fraction of sp³-hybridized carbons (Fsp3) is 0.868. The first-order valence-electron chi connectivity index (χ1n) is 25.8. The summed E-state index contributed by atoms with van der Waals surface area (Å²) in [6.07, 6.45) is 54.4. The van der Waals surface area contributed by atoms with E-state index in [-0.39, 0.29) is 31.1 Å². The summed E-state index contributed by atoms with van der Waals surface area (Å²) in [5, 5.41) is 0. The van der Waals surface area contributed by atoms with Gasteiger partial charge in [0, 0.05) is 19.3 Å². The molecule has 346 valence electrons. The quantitative estimate of drug-likeness (QED) is 0.0263. The summed E-state index contributed by atoms with van der Waals surface area (Å²) in [5.41, 5.74) is 0. The number of hydrogen-bond donors (Lipinski definition) is 0. The van der Waals surface area contributed by atoms with Crippen molar-refractivity contribution in [3.8, 4) is 0 Å². The molecule has 0 aliphatic rings. The Morgan fingerprint density at radius 3 is 0.847 bits per heavy atom. The second kappa shape index (κ2) is 48.6. The van der Waals surface area contributed by atoms with Gasteiger partial charge in [-0.1, -0.05) is 212 Å². The minimum Gasteiger partial charge on any atom is -0.462 e. The molecule has 0 N–H and O–H groups in total. The Labute approximate surface area is 366 Å². The van der Waals surface area contributed by atoms with E-state index in [1.165, 1.54) is 167 Å². The van der Waals surface area contributed by atoms with E-state index in [2.05, 4.69) is 45.1 Å². The molecule has 0 amide bonds. The van der Waals surface area contributed by atoms with Crippen molar-refractivity contribution in [2.24, 2.45) is 0 Å². The third-order valence-corrected chi connectivity index (χ3v) is 11.4. The zero-order valence-electron chi connectivity index (χ0n) is 39.5. The minimum atomic E-state index is -0.773. The van der Waals surface area contributed by atoms with Crippen molar-refractivity contribution in [1.29, 1.82) is 0 Å². The Hall–Kier alpha value is -2.11. The first kappa shape index (κ1) is 56.9. The largest absolute Gasteiger partial charge is 0.462 e. The Kier molecular flexibility index (Phi) is 46.8. The van der Waals surface area contributed by atoms with Gasteiger partial charge in [0.05, 0.1) is 0 Å². The summed E-state index contributed by atoms with van der Waals surface area (Å²) < 4.78 is 16.8. The van der Waals surface area contributed by atoms with Gasteiger partial charge in [0.2, 0.25) is 0 Å². The second-order valence-corrected chi connectivity index (χ2v) is 17.4. The first-order valence-corrected chi connectivity index (χ1v) is 25.8. The molecule has 0 saturated carbocycles. The van der Waals surface area contributed by atoms with Crippen molar-refractivity contribution in [1.82, 2.24) is 0 Å². The van der Waals surface area contributed by atoms with Gasteiger partial charge in [-0.15, -0.1) is 0 Å². The van der Waals surface area contributed by atoms with Crippen LogP contribution in [0.25, 0.3) is 0 Å². The van der Waals surface area contributed by atoms with Crippen molar-refractivity contribution < 1.29 is 28.6 Å². The number of carbonyl (C=O) groups excluding carboxylic acids is 3. The molecule has 0 aromatic carbocycles. The summed E-state index contributed by atoms with van der Waals surface area (Å²) in [4.78, 5) is 37.9. The van der Waals surface area contributed by atoms with Gasteiger partial charge in [-0.2, -0.15) is 0 Å². The summed E-state index contributed by atoms with van der Waals surface area (Å²) in [6.45, 7) is 6.63. The van der Waals surface area contributed by atoms with E-state index in [0.29, 0.717) is 19.3 Å². The average molecular weight is 831 g/mol. The van der Waals surface area contributed by atoms with Crippen molar-refractivity contribution in [3.05, 3.63) is 24.3 Å². The molecule has 6 heteroatoms. The van der Waals surface area contributed by atoms with Gasteiger partial charge < -0.3 is 14.2 Å². The zero-order valence-corrected chi connectivity index (χ0v) is 39.5. The second-order valence-electron chi connectivity index (χ2n) is 17.4. The van der Waals surface area contributed by atoms with Crippen LogP contribution in [0, 0.1) is 0 Å². The topological polar surface area (TPSA) is 78.9 Å². The third-order valence-electron chi connectivity index (χ3n) is 11.4. The van der Waals surface area contributed by atoms with Gasteiger partial charge in [0.25, 0.3) is 0 Å². The van der Waals surface area contributed by atoms with E-state index in [0.717, 1.165) is 70.6 Å². The minimum absolute atomic E-state index is 0.0736. The van der Waals surface area contributed by atoms with Crippen LogP contribution in [-0.4, -0.2) is 37.2 Å². The molecule has 0 saturated heterocycles. The lowest BCUT2D eigenvalue weighted by Gasteiger charge is -2.18. The van der Waals surface area contributed by atoms with E-state index in [1.807, 2.05) is 0 Å². The lowest BCUT2D eigenvalue weighted by molar-refractivity contribution is -0.167. The smallest absolute Gasteiger partial charge is 0.306 e. The number of esters is 3. The summed E-state index contributed by atoms with van der Waals surface area (Å²) in [7, 11) is 0.